The first-order valence-corrected chi connectivity index (χ1v) is 7.30. The number of nitrogens with zero attached hydrogens (tertiary/aromatic N) is 4. The molecule has 0 amide bonds. The second-order valence-electron chi connectivity index (χ2n) is 4.79. The zero-order chi connectivity index (χ0) is 14.1. The number of hydrogen-bond donors (Lipinski definition) is 1. The van der Waals surface area contributed by atoms with E-state index in [0.717, 1.165) is 19.3 Å². The number of nitrogens with two attached hydrogens (primary N) is 1. The summed E-state index contributed by atoms with van der Waals surface area (Å²) >= 11 is 3.34. The Morgan fingerprint density at radius 1 is 1.40 bits per heavy atom. The van der Waals surface area contributed by atoms with Crippen molar-refractivity contribution in [3.63, 3.8) is 0 Å². The molecule has 0 aliphatic carbocycles. The van der Waals surface area contributed by atoms with Crippen molar-refractivity contribution in [2.24, 2.45) is 5.73 Å². The normalized spacial score (nSPS) is 18.4. The molecule has 0 saturated heterocycles. The van der Waals surface area contributed by atoms with Crippen LogP contribution >= 0.6 is 15.9 Å². The van der Waals surface area contributed by atoms with Crippen molar-refractivity contribution < 1.29 is 0 Å². The lowest BCUT2D eigenvalue weighted by molar-refractivity contribution is 0.594. The standard InChI is InChI=1S/C13H14BrN5O/c14-10-11(9-4-5-16-7-17-9)18-12-8(15)3-1-2-6-19(12)13(10)20/h4-5,7-8H,1-3,6,15H2. The maximum absolute atomic E-state index is 12.5. The highest BCUT2D eigenvalue weighted by molar-refractivity contribution is 9.10. The lowest BCUT2D eigenvalue weighted by Gasteiger charge is -2.15. The third-order valence-electron chi connectivity index (χ3n) is 3.45. The van der Waals surface area contributed by atoms with E-state index < -0.39 is 0 Å². The van der Waals surface area contributed by atoms with Crippen LogP contribution in [0.15, 0.2) is 27.9 Å². The minimum absolute atomic E-state index is 0.0963. The van der Waals surface area contributed by atoms with E-state index in [4.69, 9.17) is 5.73 Å². The Hall–Kier alpha value is -1.60. The average Bonchev–Trinajstić information content (AvgIpc) is 2.66. The molecule has 1 aliphatic heterocycles. The van der Waals surface area contributed by atoms with Gasteiger partial charge in [-0.2, -0.15) is 0 Å². The summed E-state index contributed by atoms with van der Waals surface area (Å²) in [5.41, 5.74) is 7.19. The Labute approximate surface area is 124 Å². The molecule has 104 valence electrons. The molecule has 1 atom stereocenters. The molecule has 0 bridgehead atoms. The molecule has 6 nitrogen and oxygen atoms in total. The maximum atomic E-state index is 12.5. The van der Waals surface area contributed by atoms with Gasteiger partial charge in [-0.05, 0) is 41.3 Å². The SMILES string of the molecule is NC1CCCCn2c1nc(-c1ccncn1)c(Br)c2=O. The van der Waals surface area contributed by atoms with Gasteiger partial charge in [-0.25, -0.2) is 15.0 Å². The minimum Gasteiger partial charge on any atom is -0.321 e. The molecule has 2 aromatic rings. The third kappa shape index (κ3) is 2.27. The molecule has 1 unspecified atom stereocenters. The predicted octanol–water partition coefficient (Wildman–Crippen LogP) is 1.65. The van der Waals surface area contributed by atoms with Crippen molar-refractivity contribution in [3.8, 4) is 11.4 Å². The van der Waals surface area contributed by atoms with Gasteiger partial charge >= 0.3 is 0 Å². The van der Waals surface area contributed by atoms with Crippen LogP contribution in [0.1, 0.15) is 31.1 Å². The topological polar surface area (TPSA) is 86.7 Å². The van der Waals surface area contributed by atoms with Crippen LogP contribution in [0.3, 0.4) is 0 Å². The predicted molar refractivity (Wildman–Crippen MR) is 78.0 cm³/mol. The van der Waals surface area contributed by atoms with Crippen LogP contribution in [0, 0.1) is 0 Å². The van der Waals surface area contributed by atoms with Crippen LogP contribution < -0.4 is 11.3 Å². The lowest BCUT2D eigenvalue weighted by atomic mass is 10.1. The van der Waals surface area contributed by atoms with Crippen molar-refractivity contribution >= 4 is 15.9 Å². The Morgan fingerprint density at radius 2 is 2.25 bits per heavy atom. The number of fused-ring (bicyclic) bond motifs is 1. The monoisotopic (exact) mass is 335 g/mol. The Kier molecular flexibility index (Phi) is 3.62. The molecule has 20 heavy (non-hydrogen) atoms. The van der Waals surface area contributed by atoms with E-state index >= 15 is 0 Å². The molecule has 2 N–H and O–H groups in total. The van der Waals surface area contributed by atoms with E-state index in [-0.39, 0.29) is 11.6 Å². The van der Waals surface area contributed by atoms with Crippen LogP contribution in [0.4, 0.5) is 0 Å². The summed E-state index contributed by atoms with van der Waals surface area (Å²) in [4.78, 5) is 25.1. The zero-order valence-electron chi connectivity index (χ0n) is 10.8. The van der Waals surface area contributed by atoms with Crippen LogP contribution in [-0.2, 0) is 6.54 Å². The molecule has 2 aromatic heterocycles. The quantitative estimate of drug-likeness (QED) is 0.856. The van der Waals surface area contributed by atoms with Crippen LogP contribution in [-0.4, -0.2) is 19.5 Å². The molecule has 3 rings (SSSR count). The van der Waals surface area contributed by atoms with Gasteiger partial charge in [0.2, 0.25) is 0 Å². The van der Waals surface area contributed by atoms with Gasteiger partial charge in [0.15, 0.2) is 0 Å². The zero-order valence-corrected chi connectivity index (χ0v) is 12.4. The average molecular weight is 336 g/mol. The van der Waals surface area contributed by atoms with Crippen molar-refractivity contribution in [1.82, 2.24) is 19.5 Å². The summed E-state index contributed by atoms with van der Waals surface area (Å²) in [6, 6.07) is 1.52. The Bertz CT molecular complexity index is 685. The molecular weight excluding hydrogens is 322 g/mol. The first kappa shape index (κ1) is 13.4. The lowest BCUT2D eigenvalue weighted by Crippen LogP contribution is -2.29. The molecule has 0 saturated carbocycles. The Morgan fingerprint density at radius 3 is 3.00 bits per heavy atom. The molecule has 7 heteroatoms. The van der Waals surface area contributed by atoms with E-state index in [0.29, 0.717) is 28.2 Å². The highest BCUT2D eigenvalue weighted by atomic mass is 79.9. The van der Waals surface area contributed by atoms with Crippen LogP contribution in [0.25, 0.3) is 11.4 Å². The van der Waals surface area contributed by atoms with Crippen molar-refractivity contribution in [1.29, 1.82) is 0 Å². The minimum atomic E-state index is -0.209. The smallest absolute Gasteiger partial charge is 0.268 e. The number of rotatable bonds is 1. The van der Waals surface area contributed by atoms with E-state index in [1.54, 1.807) is 16.8 Å². The number of aromatic nitrogens is 4. The van der Waals surface area contributed by atoms with Gasteiger partial charge in [0.1, 0.15) is 22.3 Å². The van der Waals surface area contributed by atoms with Crippen LogP contribution in [0.5, 0.6) is 0 Å². The second kappa shape index (κ2) is 5.41. The number of halogens is 1. The summed E-state index contributed by atoms with van der Waals surface area (Å²) in [5.74, 6) is 0.643. The van der Waals surface area contributed by atoms with Crippen molar-refractivity contribution in [2.75, 3.05) is 0 Å². The molecule has 0 spiro atoms. The van der Waals surface area contributed by atoms with E-state index in [2.05, 4.69) is 30.9 Å². The number of hydrogen-bond acceptors (Lipinski definition) is 5. The van der Waals surface area contributed by atoms with Crippen molar-refractivity contribution in [2.45, 2.75) is 31.8 Å². The molecule has 0 fully saturated rings. The summed E-state index contributed by atoms with van der Waals surface area (Å²) in [5, 5.41) is 0. The fraction of sp³-hybridized carbons (Fsp3) is 0.385. The fourth-order valence-corrected chi connectivity index (χ4v) is 2.92. The van der Waals surface area contributed by atoms with E-state index in [9.17, 15) is 4.79 Å². The molecule has 0 aromatic carbocycles. The summed E-state index contributed by atoms with van der Waals surface area (Å²) in [6.07, 6.45) is 5.86. The highest BCUT2D eigenvalue weighted by Crippen LogP contribution is 2.26. The first-order chi connectivity index (χ1) is 9.68. The van der Waals surface area contributed by atoms with Crippen LogP contribution in [0.2, 0.25) is 0 Å². The molecule has 3 heterocycles. The van der Waals surface area contributed by atoms with Gasteiger partial charge in [0, 0.05) is 12.7 Å². The largest absolute Gasteiger partial charge is 0.321 e. The maximum Gasteiger partial charge on any atom is 0.268 e. The summed E-state index contributed by atoms with van der Waals surface area (Å²) < 4.78 is 2.10. The van der Waals surface area contributed by atoms with Gasteiger partial charge in [-0.1, -0.05) is 0 Å². The Balaban J connectivity index is 2.24. The third-order valence-corrected chi connectivity index (χ3v) is 4.16. The summed E-state index contributed by atoms with van der Waals surface area (Å²) in [7, 11) is 0. The summed E-state index contributed by atoms with van der Waals surface area (Å²) in [6.45, 7) is 0.664. The van der Waals surface area contributed by atoms with Gasteiger partial charge in [-0.3, -0.25) is 9.36 Å². The van der Waals surface area contributed by atoms with Gasteiger partial charge in [0.05, 0.1) is 11.7 Å². The molecule has 1 aliphatic rings. The van der Waals surface area contributed by atoms with Gasteiger partial charge in [-0.15, -0.1) is 0 Å². The molecule has 0 radical (unpaired) electrons. The van der Waals surface area contributed by atoms with E-state index in [1.165, 1.54) is 6.33 Å². The van der Waals surface area contributed by atoms with E-state index in [1.807, 2.05) is 0 Å². The van der Waals surface area contributed by atoms with Gasteiger partial charge in [0.25, 0.3) is 5.56 Å². The van der Waals surface area contributed by atoms with Crippen molar-refractivity contribution in [3.05, 3.63) is 39.2 Å². The fourth-order valence-electron chi connectivity index (χ4n) is 2.41. The second-order valence-corrected chi connectivity index (χ2v) is 5.58. The highest BCUT2D eigenvalue weighted by Gasteiger charge is 2.22. The van der Waals surface area contributed by atoms with Gasteiger partial charge < -0.3 is 5.73 Å². The first-order valence-electron chi connectivity index (χ1n) is 6.50. The molecular formula is C13H14BrN5O.